The van der Waals surface area contributed by atoms with E-state index in [9.17, 15) is 4.79 Å². The van der Waals surface area contributed by atoms with Crippen LogP contribution in [0.1, 0.15) is 0 Å². The molecular formula is C5H12N2OS. The lowest BCUT2D eigenvalue weighted by atomic mass is 10.7. The molecule has 0 aliphatic carbocycles. The number of hydrogen-bond donors (Lipinski definition) is 2. The van der Waals surface area contributed by atoms with Gasteiger partial charge in [0.15, 0.2) is 0 Å². The van der Waals surface area contributed by atoms with E-state index in [0.717, 1.165) is 5.75 Å². The van der Waals surface area contributed by atoms with Gasteiger partial charge < -0.3 is 11.1 Å². The Hall–Kier alpha value is -0.220. The van der Waals surface area contributed by atoms with Gasteiger partial charge in [0.2, 0.25) is 5.91 Å². The van der Waals surface area contributed by atoms with Crippen molar-refractivity contribution in [2.24, 2.45) is 5.73 Å². The molecule has 0 fully saturated rings. The Labute approximate surface area is 59.4 Å². The molecule has 54 valence electrons. The average molecular weight is 148 g/mol. The monoisotopic (exact) mass is 148 g/mol. The largest absolute Gasteiger partial charge is 0.358 e. The molecule has 0 spiro atoms. The van der Waals surface area contributed by atoms with E-state index in [1.165, 1.54) is 0 Å². The van der Waals surface area contributed by atoms with Crippen LogP contribution in [-0.2, 0) is 4.79 Å². The third-order valence-electron chi connectivity index (χ3n) is 0.774. The predicted octanol–water partition coefficient (Wildman–Crippen LogP) is -0.576. The van der Waals surface area contributed by atoms with Crippen LogP contribution >= 0.6 is 11.8 Å². The predicted molar refractivity (Wildman–Crippen MR) is 40.4 cm³/mol. The fourth-order valence-corrected chi connectivity index (χ4v) is 0.961. The van der Waals surface area contributed by atoms with Gasteiger partial charge in [-0.3, -0.25) is 4.79 Å². The summed E-state index contributed by atoms with van der Waals surface area (Å²) in [6.07, 6.45) is 0. The van der Waals surface area contributed by atoms with Crippen LogP contribution < -0.4 is 11.1 Å². The van der Waals surface area contributed by atoms with E-state index in [0.29, 0.717) is 12.3 Å². The summed E-state index contributed by atoms with van der Waals surface area (Å²) < 4.78 is 0. The third kappa shape index (κ3) is 5.65. The summed E-state index contributed by atoms with van der Waals surface area (Å²) >= 11 is 1.55. The van der Waals surface area contributed by atoms with Crippen LogP contribution in [0.3, 0.4) is 0 Å². The van der Waals surface area contributed by atoms with Crippen LogP contribution in [0.5, 0.6) is 0 Å². The first-order valence-electron chi connectivity index (χ1n) is 2.79. The van der Waals surface area contributed by atoms with Crippen LogP contribution in [0.25, 0.3) is 0 Å². The van der Waals surface area contributed by atoms with E-state index in [1.807, 2.05) is 0 Å². The number of thioether (sulfide) groups is 1. The molecular weight excluding hydrogens is 136 g/mol. The van der Waals surface area contributed by atoms with Gasteiger partial charge in [-0.15, -0.1) is 0 Å². The van der Waals surface area contributed by atoms with Crippen molar-refractivity contribution in [3.05, 3.63) is 0 Å². The maximum absolute atomic E-state index is 10.5. The molecule has 0 aromatic rings. The number of amides is 1. The van der Waals surface area contributed by atoms with Gasteiger partial charge in [-0.2, -0.15) is 11.8 Å². The summed E-state index contributed by atoms with van der Waals surface area (Å²) in [5, 5.41) is 2.52. The lowest BCUT2D eigenvalue weighted by Gasteiger charge is -1.96. The summed E-state index contributed by atoms with van der Waals surface area (Å²) in [6, 6.07) is 0. The van der Waals surface area contributed by atoms with Crippen molar-refractivity contribution >= 4 is 17.7 Å². The van der Waals surface area contributed by atoms with Gasteiger partial charge in [0.1, 0.15) is 0 Å². The quantitative estimate of drug-likeness (QED) is 0.525. The van der Waals surface area contributed by atoms with Gasteiger partial charge in [-0.05, 0) is 0 Å². The molecule has 0 aromatic heterocycles. The summed E-state index contributed by atoms with van der Waals surface area (Å²) in [5.41, 5.74) is 5.20. The first kappa shape index (κ1) is 8.78. The molecule has 4 heteroatoms. The Kier molecular flexibility index (Phi) is 5.76. The van der Waals surface area contributed by atoms with E-state index in [1.54, 1.807) is 18.8 Å². The van der Waals surface area contributed by atoms with Crippen molar-refractivity contribution in [1.29, 1.82) is 0 Å². The molecule has 0 atom stereocenters. The zero-order valence-electron chi connectivity index (χ0n) is 5.52. The third-order valence-corrected chi connectivity index (χ3v) is 1.76. The van der Waals surface area contributed by atoms with Crippen molar-refractivity contribution in [3.8, 4) is 0 Å². The van der Waals surface area contributed by atoms with Gasteiger partial charge >= 0.3 is 0 Å². The van der Waals surface area contributed by atoms with E-state index < -0.39 is 0 Å². The fraction of sp³-hybridized carbons (Fsp3) is 0.800. The topological polar surface area (TPSA) is 55.1 Å². The van der Waals surface area contributed by atoms with Crippen molar-refractivity contribution in [2.75, 3.05) is 25.1 Å². The van der Waals surface area contributed by atoms with Crippen molar-refractivity contribution in [2.45, 2.75) is 0 Å². The number of rotatable bonds is 4. The van der Waals surface area contributed by atoms with Gasteiger partial charge in [0.05, 0.1) is 5.75 Å². The highest BCUT2D eigenvalue weighted by atomic mass is 32.2. The summed E-state index contributed by atoms with van der Waals surface area (Å²) in [4.78, 5) is 10.5. The van der Waals surface area contributed by atoms with Gasteiger partial charge in [-0.25, -0.2) is 0 Å². The molecule has 1 amide bonds. The van der Waals surface area contributed by atoms with Gasteiger partial charge in [-0.1, -0.05) is 0 Å². The molecule has 0 radical (unpaired) electrons. The fourth-order valence-electron chi connectivity index (χ4n) is 0.320. The number of carbonyl (C=O) groups is 1. The first-order chi connectivity index (χ1) is 4.31. The highest BCUT2D eigenvalue weighted by molar-refractivity contribution is 7.99. The zero-order valence-corrected chi connectivity index (χ0v) is 6.33. The molecule has 0 rings (SSSR count). The van der Waals surface area contributed by atoms with Gasteiger partial charge in [0.25, 0.3) is 0 Å². The molecule has 0 saturated carbocycles. The normalized spacial score (nSPS) is 9.11. The summed E-state index contributed by atoms with van der Waals surface area (Å²) in [5.74, 6) is 1.44. The number of nitrogens with one attached hydrogen (secondary N) is 1. The Morgan fingerprint density at radius 2 is 2.44 bits per heavy atom. The van der Waals surface area contributed by atoms with Crippen LogP contribution in [0.4, 0.5) is 0 Å². The van der Waals surface area contributed by atoms with Crippen molar-refractivity contribution < 1.29 is 4.79 Å². The maximum Gasteiger partial charge on any atom is 0.229 e. The molecule has 0 heterocycles. The maximum atomic E-state index is 10.5. The molecule has 0 aliphatic rings. The minimum Gasteiger partial charge on any atom is -0.358 e. The molecule has 3 nitrogen and oxygen atoms in total. The average Bonchev–Trinajstić information content (AvgIpc) is 1.89. The lowest BCUT2D eigenvalue weighted by Crippen LogP contribution is -2.20. The number of nitrogens with two attached hydrogens (primary N) is 1. The Morgan fingerprint density at radius 3 is 2.89 bits per heavy atom. The highest BCUT2D eigenvalue weighted by Crippen LogP contribution is 1.95. The van der Waals surface area contributed by atoms with E-state index >= 15 is 0 Å². The van der Waals surface area contributed by atoms with Crippen LogP contribution in [-0.4, -0.2) is 31.0 Å². The molecule has 3 N–H and O–H groups in total. The molecule has 0 aliphatic heterocycles. The van der Waals surface area contributed by atoms with E-state index in [4.69, 9.17) is 5.73 Å². The molecule has 0 bridgehead atoms. The minimum atomic E-state index is 0.0634. The van der Waals surface area contributed by atoms with Gasteiger partial charge in [0, 0.05) is 19.3 Å². The smallest absolute Gasteiger partial charge is 0.229 e. The van der Waals surface area contributed by atoms with Crippen LogP contribution in [0.2, 0.25) is 0 Å². The zero-order chi connectivity index (χ0) is 7.11. The van der Waals surface area contributed by atoms with Crippen LogP contribution in [0, 0.1) is 0 Å². The number of carbonyl (C=O) groups excluding carboxylic acids is 1. The second kappa shape index (κ2) is 5.91. The molecule has 0 aromatic carbocycles. The second-order valence-electron chi connectivity index (χ2n) is 1.51. The summed E-state index contributed by atoms with van der Waals surface area (Å²) in [7, 11) is 1.63. The minimum absolute atomic E-state index is 0.0634. The molecule has 9 heavy (non-hydrogen) atoms. The Morgan fingerprint density at radius 1 is 1.78 bits per heavy atom. The second-order valence-corrected chi connectivity index (χ2v) is 2.62. The summed E-state index contributed by atoms with van der Waals surface area (Å²) in [6.45, 7) is 0.641. The van der Waals surface area contributed by atoms with Crippen LogP contribution in [0.15, 0.2) is 0 Å². The first-order valence-corrected chi connectivity index (χ1v) is 3.95. The van der Waals surface area contributed by atoms with E-state index in [-0.39, 0.29) is 5.91 Å². The Bertz CT molecular complexity index is 87.0. The Balaban J connectivity index is 2.97. The lowest BCUT2D eigenvalue weighted by molar-refractivity contribution is -0.118. The SMILES string of the molecule is CNC(=O)CSCCN. The standard InChI is InChI=1S/C5H12N2OS/c1-7-5(8)4-9-3-2-6/h2-4,6H2,1H3,(H,7,8). The molecule has 0 unspecified atom stereocenters. The number of hydrogen-bond acceptors (Lipinski definition) is 3. The van der Waals surface area contributed by atoms with Crippen molar-refractivity contribution in [3.63, 3.8) is 0 Å². The van der Waals surface area contributed by atoms with E-state index in [2.05, 4.69) is 5.32 Å². The molecule has 0 saturated heterocycles. The highest BCUT2D eigenvalue weighted by Gasteiger charge is 1.94. The van der Waals surface area contributed by atoms with Crippen molar-refractivity contribution in [1.82, 2.24) is 5.32 Å².